The summed E-state index contributed by atoms with van der Waals surface area (Å²) in [5, 5.41) is 7.08. The molecule has 1 N–H and O–H groups in total. The molecule has 1 unspecified atom stereocenters. The van der Waals surface area contributed by atoms with Crippen molar-refractivity contribution in [2.24, 2.45) is 0 Å². The highest BCUT2D eigenvalue weighted by Crippen LogP contribution is 2.23. The highest BCUT2D eigenvalue weighted by Gasteiger charge is 2.11. The van der Waals surface area contributed by atoms with Crippen LogP contribution >= 0.6 is 11.3 Å². The lowest BCUT2D eigenvalue weighted by molar-refractivity contribution is 0.527. The number of para-hydroxylation sites is 1. The number of aromatic nitrogens is 1. The van der Waals surface area contributed by atoms with Gasteiger partial charge in [0.1, 0.15) is 0 Å². The monoisotopic (exact) mass is 296 g/mol. The molecule has 0 amide bonds. The van der Waals surface area contributed by atoms with Crippen molar-refractivity contribution in [2.75, 3.05) is 0 Å². The van der Waals surface area contributed by atoms with Crippen LogP contribution in [0.2, 0.25) is 0 Å². The molecule has 3 rings (SSSR count). The molecule has 0 saturated heterocycles. The van der Waals surface area contributed by atoms with Gasteiger partial charge in [0.25, 0.3) is 0 Å². The molecule has 3 heteroatoms. The van der Waals surface area contributed by atoms with E-state index in [1.54, 1.807) is 0 Å². The molecule has 2 heterocycles. The third-order valence-electron chi connectivity index (χ3n) is 3.76. The summed E-state index contributed by atoms with van der Waals surface area (Å²) in [4.78, 5) is 6.02. The van der Waals surface area contributed by atoms with Gasteiger partial charge in [0.15, 0.2) is 0 Å². The number of thiophene rings is 1. The van der Waals surface area contributed by atoms with E-state index < -0.39 is 0 Å². The van der Waals surface area contributed by atoms with Gasteiger partial charge in [-0.2, -0.15) is 0 Å². The number of pyridine rings is 1. The molecule has 2 aromatic heterocycles. The van der Waals surface area contributed by atoms with Crippen LogP contribution in [0.5, 0.6) is 0 Å². The van der Waals surface area contributed by atoms with Gasteiger partial charge in [-0.3, -0.25) is 4.98 Å². The molecule has 0 aliphatic heterocycles. The fourth-order valence-corrected chi connectivity index (χ4v) is 3.60. The quantitative estimate of drug-likeness (QED) is 0.728. The molecule has 0 saturated carbocycles. The molecule has 0 aliphatic carbocycles. The Kier molecular flexibility index (Phi) is 4.32. The maximum atomic E-state index is 4.61. The van der Waals surface area contributed by atoms with Crippen LogP contribution < -0.4 is 5.32 Å². The van der Waals surface area contributed by atoms with Crippen LogP contribution in [-0.4, -0.2) is 4.98 Å². The number of nitrogens with one attached hydrogen (secondary N) is 1. The van der Waals surface area contributed by atoms with E-state index in [-0.39, 0.29) is 0 Å². The van der Waals surface area contributed by atoms with Crippen LogP contribution in [0.4, 0.5) is 0 Å². The van der Waals surface area contributed by atoms with Crippen molar-refractivity contribution in [1.29, 1.82) is 0 Å². The topological polar surface area (TPSA) is 24.9 Å². The second kappa shape index (κ2) is 6.37. The van der Waals surface area contributed by atoms with Crippen molar-refractivity contribution in [1.82, 2.24) is 10.3 Å². The average Bonchev–Trinajstić information content (AvgIpc) is 3.02. The number of hydrogen-bond donors (Lipinski definition) is 1. The Bertz CT molecular complexity index is 719. The van der Waals surface area contributed by atoms with Crippen molar-refractivity contribution in [3.8, 4) is 0 Å². The number of hydrogen-bond acceptors (Lipinski definition) is 3. The maximum Gasteiger partial charge on any atom is 0.0708 e. The predicted octanol–water partition coefficient (Wildman–Crippen LogP) is 4.85. The van der Waals surface area contributed by atoms with Crippen molar-refractivity contribution in [3.05, 3.63) is 64.0 Å². The van der Waals surface area contributed by atoms with E-state index in [9.17, 15) is 0 Å². The number of nitrogens with zero attached hydrogens (tertiary/aromatic N) is 1. The maximum absolute atomic E-state index is 4.61. The summed E-state index contributed by atoms with van der Waals surface area (Å²) < 4.78 is 0. The van der Waals surface area contributed by atoms with Crippen LogP contribution in [0.25, 0.3) is 10.9 Å². The van der Waals surface area contributed by atoms with Gasteiger partial charge in [-0.15, -0.1) is 11.3 Å². The van der Waals surface area contributed by atoms with Crippen molar-refractivity contribution in [3.63, 3.8) is 0 Å². The fraction of sp³-hybridized carbons (Fsp3) is 0.278. The summed E-state index contributed by atoms with van der Waals surface area (Å²) in [5.74, 6) is 0. The molecule has 0 fully saturated rings. The second-order valence-electron chi connectivity index (χ2n) is 5.30. The summed E-state index contributed by atoms with van der Waals surface area (Å²) >= 11 is 1.82. The lowest BCUT2D eigenvalue weighted by atomic mass is 10.1. The predicted molar refractivity (Wildman–Crippen MR) is 90.7 cm³/mol. The van der Waals surface area contributed by atoms with Gasteiger partial charge < -0.3 is 5.32 Å². The molecule has 0 aliphatic rings. The van der Waals surface area contributed by atoms with Crippen LogP contribution in [0.3, 0.4) is 0 Å². The molecule has 1 atom stereocenters. The fourth-order valence-electron chi connectivity index (χ4n) is 2.71. The first-order valence-electron chi connectivity index (χ1n) is 7.40. The molecular weight excluding hydrogens is 276 g/mol. The first-order valence-corrected chi connectivity index (χ1v) is 8.28. The van der Waals surface area contributed by atoms with Gasteiger partial charge >= 0.3 is 0 Å². The van der Waals surface area contributed by atoms with E-state index in [4.69, 9.17) is 0 Å². The van der Waals surface area contributed by atoms with E-state index in [0.29, 0.717) is 6.04 Å². The zero-order valence-corrected chi connectivity index (χ0v) is 13.3. The number of fused-ring (bicyclic) bond motifs is 1. The molecule has 21 heavy (non-hydrogen) atoms. The molecule has 3 aromatic rings. The highest BCUT2D eigenvalue weighted by atomic mass is 32.1. The summed E-state index contributed by atoms with van der Waals surface area (Å²) in [6.45, 7) is 5.17. The van der Waals surface area contributed by atoms with Gasteiger partial charge in [-0.05, 0) is 42.5 Å². The Morgan fingerprint density at radius 3 is 2.81 bits per heavy atom. The smallest absolute Gasteiger partial charge is 0.0708 e. The zero-order chi connectivity index (χ0) is 14.7. The third-order valence-corrected chi connectivity index (χ3v) is 4.75. The minimum Gasteiger partial charge on any atom is -0.305 e. The third kappa shape index (κ3) is 3.14. The van der Waals surface area contributed by atoms with Gasteiger partial charge in [-0.1, -0.05) is 31.2 Å². The average molecular weight is 296 g/mol. The van der Waals surface area contributed by atoms with Crippen molar-refractivity contribution in [2.45, 2.75) is 32.9 Å². The lowest BCUT2D eigenvalue weighted by Gasteiger charge is -2.16. The van der Waals surface area contributed by atoms with Crippen LogP contribution in [0, 0.1) is 6.92 Å². The standard InChI is InChI=1S/C18H20N2S/c1-3-16(18-9-6-10-21-18)19-12-14-11-13(2)20-17-8-5-4-7-15(14)17/h4-11,16,19H,3,12H2,1-2H3. The molecule has 0 spiro atoms. The van der Waals surface area contributed by atoms with Gasteiger partial charge in [-0.25, -0.2) is 0 Å². The van der Waals surface area contributed by atoms with E-state index in [2.05, 4.69) is 65.9 Å². The zero-order valence-electron chi connectivity index (χ0n) is 12.5. The number of benzene rings is 1. The van der Waals surface area contributed by atoms with E-state index in [1.807, 2.05) is 17.4 Å². The number of rotatable bonds is 5. The van der Waals surface area contributed by atoms with E-state index in [1.165, 1.54) is 15.8 Å². The normalized spacial score (nSPS) is 12.7. The summed E-state index contributed by atoms with van der Waals surface area (Å²) in [5.41, 5.74) is 3.49. The van der Waals surface area contributed by atoms with Crippen molar-refractivity contribution >= 4 is 22.2 Å². The van der Waals surface area contributed by atoms with Gasteiger partial charge in [0.05, 0.1) is 5.52 Å². The van der Waals surface area contributed by atoms with Gasteiger partial charge in [0.2, 0.25) is 0 Å². The highest BCUT2D eigenvalue weighted by molar-refractivity contribution is 7.10. The first-order chi connectivity index (χ1) is 10.3. The van der Waals surface area contributed by atoms with Crippen LogP contribution in [-0.2, 0) is 6.54 Å². The SMILES string of the molecule is CCC(NCc1cc(C)nc2ccccc12)c1cccs1. The molecule has 2 nitrogen and oxygen atoms in total. The Morgan fingerprint density at radius 1 is 1.19 bits per heavy atom. The van der Waals surface area contributed by atoms with Crippen molar-refractivity contribution < 1.29 is 0 Å². The molecular formula is C18H20N2S. The van der Waals surface area contributed by atoms with Crippen LogP contribution in [0.15, 0.2) is 47.8 Å². The summed E-state index contributed by atoms with van der Waals surface area (Å²) in [6, 6.07) is 15.3. The van der Waals surface area contributed by atoms with E-state index in [0.717, 1.165) is 24.2 Å². The Morgan fingerprint density at radius 2 is 2.05 bits per heavy atom. The Hall–Kier alpha value is -1.71. The Labute approximate surface area is 129 Å². The summed E-state index contributed by atoms with van der Waals surface area (Å²) in [6.07, 6.45) is 1.10. The first kappa shape index (κ1) is 14.2. The van der Waals surface area contributed by atoms with E-state index >= 15 is 0 Å². The number of aryl methyl sites for hydroxylation is 1. The second-order valence-corrected chi connectivity index (χ2v) is 6.28. The van der Waals surface area contributed by atoms with Crippen LogP contribution in [0.1, 0.15) is 35.5 Å². The largest absolute Gasteiger partial charge is 0.305 e. The minimum absolute atomic E-state index is 0.428. The summed E-state index contributed by atoms with van der Waals surface area (Å²) in [7, 11) is 0. The molecule has 0 radical (unpaired) electrons. The molecule has 1 aromatic carbocycles. The Balaban J connectivity index is 1.84. The minimum atomic E-state index is 0.428. The molecule has 0 bridgehead atoms. The lowest BCUT2D eigenvalue weighted by Crippen LogP contribution is -2.19. The molecule has 108 valence electrons. The van der Waals surface area contributed by atoms with Gasteiger partial charge in [0, 0.05) is 28.5 Å².